The summed E-state index contributed by atoms with van der Waals surface area (Å²) in [5.41, 5.74) is 1.39. The lowest BCUT2D eigenvalue weighted by molar-refractivity contribution is 0.969. The number of rotatable bonds is 1. The van der Waals surface area contributed by atoms with E-state index < -0.39 is 0 Å². The van der Waals surface area contributed by atoms with Gasteiger partial charge in [0, 0.05) is 12.8 Å². The Morgan fingerprint density at radius 3 is 3.00 bits per heavy atom. The van der Waals surface area contributed by atoms with Crippen LogP contribution in [-0.2, 0) is 0 Å². The summed E-state index contributed by atoms with van der Waals surface area (Å²) in [5.74, 6) is 0. The number of hydrogen-bond acceptors (Lipinski definition) is 1. The van der Waals surface area contributed by atoms with Crippen LogP contribution in [0.5, 0.6) is 0 Å². The highest BCUT2D eigenvalue weighted by molar-refractivity contribution is 5.79. The minimum Gasteiger partial charge on any atom is -0.293 e. The predicted octanol–water partition coefficient (Wildman–Crippen LogP) is 1.80. The summed E-state index contributed by atoms with van der Waals surface area (Å²) in [6.07, 6.45) is 6.50. The van der Waals surface area contributed by atoms with Gasteiger partial charge >= 0.3 is 0 Å². The van der Waals surface area contributed by atoms with Gasteiger partial charge in [0.15, 0.2) is 0 Å². The van der Waals surface area contributed by atoms with E-state index in [1.807, 2.05) is 6.21 Å². The Labute approximate surface area is 50.1 Å². The minimum atomic E-state index is 0.990. The number of dihydropyridines is 1. The molecule has 0 unspecified atom stereocenters. The van der Waals surface area contributed by atoms with E-state index in [0.29, 0.717) is 0 Å². The second kappa shape index (κ2) is 2.65. The van der Waals surface area contributed by atoms with Crippen molar-refractivity contribution in [2.45, 2.75) is 19.8 Å². The quantitative estimate of drug-likeness (QED) is 0.487. The van der Waals surface area contributed by atoms with Crippen molar-refractivity contribution in [2.75, 3.05) is 6.54 Å². The molecule has 0 N–H and O–H groups in total. The van der Waals surface area contributed by atoms with E-state index in [1.54, 1.807) is 0 Å². The lowest BCUT2D eigenvalue weighted by Crippen LogP contribution is -1.91. The molecule has 0 aliphatic carbocycles. The molecule has 1 heteroatoms. The lowest BCUT2D eigenvalue weighted by atomic mass is 10.1. The van der Waals surface area contributed by atoms with Crippen LogP contribution >= 0.6 is 0 Å². The second-order valence-electron chi connectivity index (χ2n) is 1.96. The molecule has 0 atom stereocenters. The molecule has 1 heterocycles. The summed E-state index contributed by atoms with van der Waals surface area (Å²) >= 11 is 0. The van der Waals surface area contributed by atoms with E-state index >= 15 is 0 Å². The molecule has 0 amide bonds. The molecule has 1 aliphatic rings. The molecule has 0 bridgehead atoms. The van der Waals surface area contributed by atoms with Crippen molar-refractivity contribution in [3.05, 3.63) is 11.6 Å². The monoisotopic (exact) mass is 109 g/mol. The van der Waals surface area contributed by atoms with Crippen molar-refractivity contribution in [1.29, 1.82) is 0 Å². The van der Waals surface area contributed by atoms with Crippen molar-refractivity contribution in [1.82, 2.24) is 0 Å². The topological polar surface area (TPSA) is 12.4 Å². The molecule has 1 nitrogen and oxygen atoms in total. The highest BCUT2D eigenvalue weighted by Crippen LogP contribution is 2.03. The molecule has 1 rings (SSSR count). The molecule has 0 aromatic carbocycles. The molecule has 0 spiro atoms. The first-order valence-electron chi connectivity index (χ1n) is 3.12. The van der Waals surface area contributed by atoms with Crippen LogP contribution in [0.25, 0.3) is 0 Å². The highest BCUT2D eigenvalue weighted by atomic mass is 14.7. The molecule has 44 valence electrons. The van der Waals surface area contributed by atoms with Crippen molar-refractivity contribution in [3.8, 4) is 0 Å². The van der Waals surface area contributed by atoms with Crippen LogP contribution in [0, 0.1) is 0 Å². The van der Waals surface area contributed by atoms with Gasteiger partial charge in [-0.2, -0.15) is 0 Å². The van der Waals surface area contributed by atoms with Crippen LogP contribution in [0.4, 0.5) is 0 Å². The molecule has 0 aromatic heterocycles. The van der Waals surface area contributed by atoms with Gasteiger partial charge in [0.25, 0.3) is 0 Å². The summed E-state index contributed by atoms with van der Waals surface area (Å²) in [4.78, 5) is 4.14. The largest absolute Gasteiger partial charge is 0.293 e. The van der Waals surface area contributed by atoms with Gasteiger partial charge in [-0.15, -0.1) is 0 Å². The van der Waals surface area contributed by atoms with Crippen molar-refractivity contribution in [2.24, 2.45) is 4.99 Å². The maximum atomic E-state index is 4.14. The molecule has 0 aromatic rings. The maximum Gasteiger partial charge on any atom is 0.0424 e. The third-order valence-electron chi connectivity index (χ3n) is 1.33. The first kappa shape index (κ1) is 5.54. The molecule has 0 radical (unpaired) electrons. The fourth-order valence-corrected chi connectivity index (χ4v) is 0.795. The zero-order valence-corrected chi connectivity index (χ0v) is 5.22. The lowest BCUT2D eigenvalue weighted by Gasteiger charge is -2.00. The van der Waals surface area contributed by atoms with Gasteiger partial charge < -0.3 is 0 Å². The van der Waals surface area contributed by atoms with Crippen LogP contribution in [0.1, 0.15) is 19.8 Å². The zero-order valence-electron chi connectivity index (χ0n) is 5.22. The van der Waals surface area contributed by atoms with Gasteiger partial charge in [-0.1, -0.05) is 13.0 Å². The smallest absolute Gasteiger partial charge is 0.0424 e. The summed E-state index contributed by atoms with van der Waals surface area (Å²) in [6.45, 7) is 3.15. The molecular formula is C7H11N. The van der Waals surface area contributed by atoms with Gasteiger partial charge in [-0.3, -0.25) is 4.99 Å². The first-order chi connectivity index (χ1) is 3.93. The van der Waals surface area contributed by atoms with E-state index in [9.17, 15) is 0 Å². The van der Waals surface area contributed by atoms with E-state index in [2.05, 4.69) is 18.0 Å². The fraction of sp³-hybridized carbons (Fsp3) is 0.571. The Morgan fingerprint density at radius 2 is 2.62 bits per heavy atom. The summed E-state index contributed by atoms with van der Waals surface area (Å²) in [7, 11) is 0. The molecule has 0 saturated carbocycles. The Balaban J connectivity index is 2.51. The Kier molecular flexibility index (Phi) is 1.84. The highest BCUT2D eigenvalue weighted by Gasteiger charge is 1.91. The molecule has 0 fully saturated rings. The van der Waals surface area contributed by atoms with Crippen molar-refractivity contribution < 1.29 is 0 Å². The van der Waals surface area contributed by atoms with Crippen LogP contribution < -0.4 is 0 Å². The van der Waals surface area contributed by atoms with Crippen molar-refractivity contribution in [3.63, 3.8) is 0 Å². The van der Waals surface area contributed by atoms with E-state index in [0.717, 1.165) is 19.4 Å². The van der Waals surface area contributed by atoms with Gasteiger partial charge in [-0.25, -0.2) is 0 Å². The van der Waals surface area contributed by atoms with Crippen LogP contribution in [0.2, 0.25) is 0 Å². The zero-order chi connectivity index (χ0) is 5.82. The van der Waals surface area contributed by atoms with Crippen LogP contribution in [0.3, 0.4) is 0 Å². The number of hydrogen-bond donors (Lipinski definition) is 0. The van der Waals surface area contributed by atoms with E-state index in [1.165, 1.54) is 5.57 Å². The second-order valence-corrected chi connectivity index (χ2v) is 1.96. The molecular weight excluding hydrogens is 98.1 g/mol. The number of allylic oxidation sites excluding steroid dienone is 1. The standard InChI is InChI=1S/C7H11N/c1-2-7-4-3-5-8-6-7/h4,6H,2-3,5H2,1H3. The fourth-order valence-electron chi connectivity index (χ4n) is 0.795. The average molecular weight is 109 g/mol. The Bertz CT molecular complexity index is 122. The molecule has 1 aliphatic heterocycles. The molecule has 8 heavy (non-hydrogen) atoms. The van der Waals surface area contributed by atoms with Gasteiger partial charge in [-0.05, 0) is 18.4 Å². The van der Waals surface area contributed by atoms with Crippen LogP contribution in [-0.4, -0.2) is 12.8 Å². The normalized spacial score (nSPS) is 18.4. The Hall–Kier alpha value is -0.590. The van der Waals surface area contributed by atoms with Crippen molar-refractivity contribution >= 4 is 6.21 Å². The first-order valence-corrected chi connectivity index (χ1v) is 3.12. The third kappa shape index (κ3) is 1.19. The predicted molar refractivity (Wildman–Crippen MR) is 36.4 cm³/mol. The average Bonchev–Trinajstić information content (AvgIpc) is 1.90. The third-order valence-corrected chi connectivity index (χ3v) is 1.33. The summed E-state index contributed by atoms with van der Waals surface area (Å²) in [5, 5.41) is 0. The Morgan fingerprint density at radius 1 is 1.75 bits per heavy atom. The van der Waals surface area contributed by atoms with Gasteiger partial charge in [0.1, 0.15) is 0 Å². The SMILES string of the molecule is CCC1=CCCN=C1. The maximum absolute atomic E-state index is 4.14. The molecule has 0 saturated heterocycles. The minimum absolute atomic E-state index is 0.990. The number of aliphatic imine (C=N–C) groups is 1. The van der Waals surface area contributed by atoms with E-state index in [4.69, 9.17) is 0 Å². The van der Waals surface area contributed by atoms with Gasteiger partial charge in [0.05, 0.1) is 0 Å². The van der Waals surface area contributed by atoms with E-state index in [-0.39, 0.29) is 0 Å². The van der Waals surface area contributed by atoms with Gasteiger partial charge in [0.2, 0.25) is 0 Å². The number of nitrogens with zero attached hydrogens (tertiary/aromatic N) is 1. The summed E-state index contributed by atoms with van der Waals surface area (Å²) < 4.78 is 0. The van der Waals surface area contributed by atoms with Crippen LogP contribution in [0.15, 0.2) is 16.6 Å². The summed E-state index contributed by atoms with van der Waals surface area (Å²) in [6, 6.07) is 0.